The molecule has 2 nitrogen and oxygen atoms in total. The van der Waals surface area contributed by atoms with Gasteiger partial charge in [0.05, 0.1) is 4.90 Å². The Bertz CT molecular complexity index is 579. The average molecular weight is 319 g/mol. The van der Waals surface area contributed by atoms with Gasteiger partial charge in [0.15, 0.2) is 8.24 Å². The van der Waals surface area contributed by atoms with E-state index in [0.717, 1.165) is 0 Å². The molecular weight excluding hydrogens is 296 g/mol. The Morgan fingerprint density at radius 3 is 1.85 bits per heavy atom. The van der Waals surface area contributed by atoms with Crippen LogP contribution in [0.1, 0.15) is 27.7 Å². The lowest BCUT2D eigenvalue weighted by molar-refractivity contribution is 0.119. The Morgan fingerprint density at radius 1 is 1.05 bits per heavy atom. The van der Waals surface area contributed by atoms with Crippen LogP contribution >= 0.6 is 0 Å². The molecule has 0 aliphatic rings. The molecule has 0 unspecified atom stereocenters. The van der Waals surface area contributed by atoms with Gasteiger partial charge >= 0.3 is 5.25 Å². The van der Waals surface area contributed by atoms with Crippen molar-refractivity contribution in [2.24, 2.45) is 4.03 Å². The highest BCUT2D eigenvalue weighted by atomic mass is 32.2. The third kappa shape index (κ3) is 3.28. The maximum atomic E-state index is 14.0. The second-order valence-corrected chi connectivity index (χ2v) is 14.1. The van der Waals surface area contributed by atoms with E-state index >= 15 is 0 Å². The summed E-state index contributed by atoms with van der Waals surface area (Å²) in [5, 5.41) is -3.61. The molecule has 1 aromatic carbocycles. The summed E-state index contributed by atoms with van der Waals surface area (Å²) < 4.78 is 45.3. The second kappa shape index (κ2) is 5.22. The Morgan fingerprint density at radius 2 is 1.50 bits per heavy atom. The number of halogens is 2. The van der Waals surface area contributed by atoms with Gasteiger partial charge < -0.3 is 0 Å². The third-order valence-electron chi connectivity index (χ3n) is 3.74. The van der Waals surface area contributed by atoms with E-state index in [1.54, 1.807) is 18.2 Å². The number of nitrogens with zero attached hydrogens (tertiary/aromatic N) is 1. The molecule has 0 aliphatic carbocycles. The maximum Gasteiger partial charge on any atom is 0.329 e. The summed E-state index contributed by atoms with van der Waals surface area (Å²) in [7, 11) is -6.23. The monoisotopic (exact) mass is 319 g/mol. The molecule has 0 N–H and O–H groups in total. The highest BCUT2D eigenvalue weighted by Gasteiger charge is 2.44. The Kier molecular flexibility index (Phi) is 4.51. The van der Waals surface area contributed by atoms with Gasteiger partial charge in [0.25, 0.3) is 0 Å². The minimum absolute atomic E-state index is 0.109. The molecule has 0 heterocycles. The van der Waals surface area contributed by atoms with E-state index in [1.807, 2.05) is 33.9 Å². The van der Waals surface area contributed by atoms with Gasteiger partial charge in [-0.05, 0) is 30.3 Å². The molecule has 20 heavy (non-hydrogen) atoms. The molecule has 1 rings (SSSR count). The molecule has 6 heteroatoms. The standard InChI is InChI=1S/C14H23F2NOSSi/c1-13(2,3)20(5,6)17-19(18,14(4,15)16)12-10-8-7-9-11-12/h7-11H,1-6H3/t19-/m1/s1. The first kappa shape index (κ1) is 17.3. The molecule has 0 aromatic heterocycles. The van der Waals surface area contributed by atoms with Crippen LogP contribution in [0.2, 0.25) is 18.1 Å². The lowest BCUT2D eigenvalue weighted by atomic mass is 10.2. The van der Waals surface area contributed by atoms with Gasteiger partial charge in [0, 0.05) is 6.92 Å². The maximum absolute atomic E-state index is 14.0. The van der Waals surface area contributed by atoms with Crippen LogP contribution in [0, 0.1) is 0 Å². The second-order valence-electron chi connectivity index (χ2n) is 6.55. The lowest BCUT2D eigenvalue weighted by Crippen LogP contribution is -2.39. The highest BCUT2D eigenvalue weighted by Crippen LogP contribution is 2.41. The van der Waals surface area contributed by atoms with E-state index in [0.29, 0.717) is 6.92 Å². The van der Waals surface area contributed by atoms with E-state index in [2.05, 4.69) is 4.03 Å². The van der Waals surface area contributed by atoms with Gasteiger partial charge in [0.1, 0.15) is 9.73 Å². The molecule has 0 saturated heterocycles. The van der Waals surface area contributed by atoms with Crippen molar-refractivity contribution in [1.82, 2.24) is 0 Å². The summed E-state index contributed by atoms with van der Waals surface area (Å²) in [6.07, 6.45) is 0. The molecule has 1 aromatic rings. The van der Waals surface area contributed by atoms with Crippen LogP contribution in [-0.4, -0.2) is 17.7 Å². The summed E-state index contributed by atoms with van der Waals surface area (Å²) >= 11 is 0. The minimum atomic E-state index is -3.77. The van der Waals surface area contributed by atoms with Crippen LogP contribution in [0.3, 0.4) is 0 Å². The molecule has 0 bridgehead atoms. The van der Waals surface area contributed by atoms with E-state index in [1.165, 1.54) is 12.1 Å². The van der Waals surface area contributed by atoms with Crippen molar-refractivity contribution in [3.63, 3.8) is 0 Å². The molecule has 114 valence electrons. The smallest absolute Gasteiger partial charge is 0.268 e. The Balaban J connectivity index is 3.64. The lowest BCUT2D eigenvalue weighted by Gasteiger charge is -2.34. The van der Waals surface area contributed by atoms with E-state index in [-0.39, 0.29) is 9.93 Å². The van der Waals surface area contributed by atoms with Crippen LogP contribution in [-0.2, 0) is 9.73 Å². The molecule has 0 aliphatic heterocycles. The third-order valence-corrected chi connectivity index (χ3v) is 12.1. The zero-order valence-corrected chi connectivity index (χ0v) is 14.7. The molecule has 0 spiro atoms. The van der Waals surface area contributed by atoms with E-state index < -0.39 is 23.2 Å². The molecule has 1 atom stereocenters. The molecular formula is C14H23F2NOSSi. The van der Waals surface area contributed by atoms with Gasteiger partial charge in [-0.3, -0.25) is 4.03 Å². The van der Waals surface area contributed by atoms with Crippen molar-refractivity contribution in [3.05, 3.63) is 30.3 Å². The zero-order chi connectivity index (χ0) is 15.8. The number of benzene rings is 1. The van der Waals surface area contributed by atoms with Gasteiger partial charge in [-0.15, -0.1) is 0 Å². The van der Waals surface area contributed by atoms with Crippen LogP contribution in [0.4, 0.5) is 8.78 Å². The Hall–Kier alpha value is -0.753. The quantitative estimate of drug-likeness (QED) is 0.710. The number of alkyl halides is 2. The van der Waals surface area contributed by atoms with Crippen LogP contribution in [0.15, 0.2) is 39.3 Å². The minimum Gasteiger partial charge on any atom is -0.268 e. The first-order chi connectivity index (χ1) is 8.81. The topological polar surface area (TPSA) is 29.4 Å². The van der Waals surface area contributed by atoms with Gasteiger partial charge in [0.2, 0.25) is 0 Å². The number of rotatable bonds is 3. The fourth-order valence-corrected chi connectivity index (χ4v) is 7.07. The van der Waals surface area contributed by atoms with Crippen LogP contribution in [0.5, 0.6) is 0 Å². The predicted octanol–water partition coefficient (Wildman–Crippen LogP) is 5.13. The summed E-state index contributed by atoms with van der Waals surface area (Å²) in [5.41, 5.74) is 0. The highest BCUT2D eigenvalue weighted by molar-refractivity contribution is 7.95. The normalized spacial score (nSPS) is 16.6. The fraction of sp³-hybridized carbons (Fsp3) is 0.571. The van der Waals surface area contributed by atoms with Gasteiger partial charge in [-0.25, -0.2) is 4.21 Å². The van der Waals surface area contributed by atoms with Crippen molar-refractivity contribution in [2.75, 3.05) is 0 Å². The number of hydrogen-bond donors (Lipinski definition) is 0. The summed E-state index contributed by atoms with van der Waals surface area (Å²) in [6, 6.07) is 7.88. The SMILES string of the molecule is CC(C)(C)[Si](C)(C)N=[S@@](=O)(c1ccccc1)C(C)(F)F. The molecule has 0 fully saturated rings. The predicted molar refractivity (Wildman–Crippen MR) is 83.1 cm³/mol. The van der Waals surface area contributed by atoms with Crippen molar-refractivity contribution in [1.29, 1.82) is 0 Å². The summed E-state index contributed by atoms with van der Waals surface area (Å²) in [6.45, 7) is 10.3. The summed E-state index contributed by atoms with van der Waals surface area (Å²) in [4.78, 5) is 0.109. The average Bonchev–Trinajstić information content (AvgIpc) is 2.26. The largest absolute Gasteiger partial charge is 0.329 e. The van der Waals surface area contributed by atoms with Crippen molar-refractivity contribution in [3.8, 4) is 0 Å². The van der Waals surface area contributed by atoms with Crippen molar-refractivity contribution < 1.29 is 13.0 Å². The first-order valence-corrected chi connectivity index (χ1v) is 11.0. The van der Waals surface area contributed by atoms with Crippen molar-refractivity contribution in [2.45, 2.75) is 56.0 Å². The molecule has 0 saturated carbocycles. The first-order valence-electron chi connectivity index (χ1n) is 6.52. The summed E-state index contributed by atoms with van der Waals surface area (Å²) in [5.74, 6) is 0. The Labute approximate surface area is 121 Å². The van der Waals surface area contributed by atoms with Crippen LogP contribution in [0.25, 0.3) is 0 Å². The van der Waals surface area contributed by atoms with Gasteiger partial charge in [-0.2, -0.15) is 8.78 Å². The molecule has 0 amide bonds. The molecule has 0 radical (unpaired) electrons. The number of hydrogen-bond acceptors (Lipinski definition) is 2. The van der Waals surface area contributed by atoms with E-state index in [9.17, 15) is 13.0 Å². The van der Waals surface area contributed by atoms with E-state index in [4.69, 9.17) is 0 Å². The van der Waals surface area contributed by atoms with Crippen molar-refractivity contribution >= 4 is 18.0 Å². The zero-order valence-electron chi connectivity index (χ0n) is 12.9. The van der Waals surface area contributed by atoms with Gasteiger partial charge in [-0.1, -0.05) is 39.0 Å². The fourth-order valence-electron chi connectivity index (χ4n) is 1.40. The van der Waals surface area contributed by atoms with Crippen LogP contribution < -0.4 is 0 Å².